The van der Waals surface area contributed by atoms with Gasteiger partial charge >= 0.3 is 5.97 Å². The van der Waals surface area contributed by atoms with Crippen LogP contribution < -0.4 is 5.32 Å². The van der Waals surface area contributed by atoms with E-state index in [0.29, 0.717) is 11.1 Å². The number of hydrogen-bond donors (Lipinski definition) is 2. The van der Waals surface area contributed by atoms with Crippen LogP contribution in [0, 0.1) is 0 Å². The second kappa shape index (κ2) is 5.48. The Morgan fingerprint density at radius 1 is 1.32 bits per heavy atom. The van der Waals surface area contributed by atoms with E-state index in [9.17, 15) is 9.59 Å². The third-order valence-corrected chi connectivity index (χ3v) is 2.74. The van der Waals surface area contributed by atoms with E-state index >= 15 is 0 Å². The number of nitrogens with zero attached hydrogens (tertiary/aromatic N) is 1. The Bertz CT molecular complexity index is 620. The average molecular weight is 258 g/mol. The number of benzene rings is 1. The first-order chi connectivity index (χ1) is 9.08. The van der Waals surface area contributed by atoms with Crippen LogP contribution in [0.3, 0.4) is 0 Å². The number of carboxylic acid groups (broad SMARTS) is 1. The molecule has 0 radical (unpaired) electrons. The molecule has 5 heteroatoms. The molecule has 0 saturated heterocycles. The molecule has 1 atom stereocenters. The van der Waals surface area contributed by atoms with Crippen molar-refractivity contribution < 1.29 is 14.7 Å². The predicted molar refractivity (Wildman–Crippen MR) is 70.9 cm³/mol. The van der Waals surface area contributed by atoms with Crippen molar-refractivity contribution in [1.29, 1.82) is 0 Å². The summed E-state index contributed by atoms with van der Waals surface area (Å²) in [5.74, 6) is -1.25. The molecule has 0 fully saturated rings. The molecule has 0 saturated carbocycles. The predicted octanol–water partition coefficient (Wildman–Crippen LogP) is 1.83. The minimum absolute atomic E-state index is 0.107. The van der Waals surface area contributed by atoms with Gasteiger partial charge in [0, 0.05) is 17.6 Å². The quantitative estimate of drug-likeness (QED) is 0.876. The van der Waals surface area contributed by atoms with Gasteiger partial charge in [0.2, 0.25) is 0 Å². The third-order valence-electron chi connectivity index (χ3n) is 2.74. The fourth-order valence-electron chi connectivity index (χ4n) is 1.90. The number of aliphatic carboxylic acids is 1. The van der Waals surface area contributed by atoms with Crippen molar-refractivity contribution in [3.63, 3.8) is 0 Å². The molecule has 19 heavy (non-hydrogen) atoms. The van der Waals surface area contributed by atoms with E-state index in [4.69, 9.17) is 5.11 Å². The maximum Gasteiger partial charge on any atom is 0.305 e. The van der Waals surface area contributed by atoms with Gasteiger partial charge in [-0.25, -0.2) is 0 Å². The Balaban J connectivity index is 2.24. The van der Waals surface area contributed by atoms with Crippen LogP contribution >= 0.6 is 0 Å². The monoisotopic (exact) mass is 258 g/mol. The zero-order chi connectivity index (χ0) is 13.8. The number of nitrogens with one attached hydrogen (secondary N) is 1. The molecule has 2 N–H and O–H groups in total. The molecule has 1 heterocycles. The van der Waals surface area contributed by atoms with Crippen LogP contribution in [0.2, 0.25) is 0 Å². The minimum Gasteiger partial charge on any atom is -0.481 e. The number of pyridine rings is 1. The van der Waals surface area contributed by atoms with Crippen LogP contribution in [0.15, 0.2) is 36.5 Å². The third kappa shape index (κ3) is 3.07. The van der Waals surface area contributed by atoms with Crippen molar-refractivity contribution in [3.8, 4) is 0 Å². The highest BCUT2D eigenvalue weighted by molar-refractivity contribution is 6.05. The molecule has 0 aliphatic rings. The first-order valence-corrected chi connectivity index (χ1v) is 5.94. The number of fused-ring (bicyclic) bond motifs is 1. The van der Waals surface area contributed by atoms with Gasteiger partial charge < -0.3 is 10.4 Å². The van der Waals surface area contributed by atoms with Crippen LogP contribution in [0.5, 0.6) is 0 Å². The fourth-order valence-corrected chi connectivity index (χ4v) is 1.90. The summed E-state index contributed by atoms with van der Waals surface area (Å²) in [5, 5.41) is 12.2. The highest BCUT2D eigenvalue weighted by Gasteiger charge is 2.15. The smallest absolute Gasteiger partial charge is 0.305 e. The lowest BCUT2D eigenvalue weighted by Gasteiger charge is -2.12. The lowest BCUT2D eigenvalue weighted by atomic mass is 10.1. The second-order valence-electron chi connectivity index (χ2n) is 4.35. The highest BCUT2D eigenvalue weighted by atomic mass is 16.4. The summed E-state index contributed by atoms with van der Waals surface area (Å²) in [7, 11) is 0. The number of hydrogen-bond acceptors (Lipinski definition) is 3. The summed E-state index contributed by atoms with van der Waals surface area (Å²) in [6, 6.07) is 8.58. The van der Waals surface area contributed by atoms with E-state index in [1.807, 2.05) is 12.1 Å². The first-order valence-electron chi connectivity index (χ1n) is 5.94. The molecule has 0 bridgehead atoms. The van der Waals surface area contributed by atoms with Gasteiger partial charge in [-0.05, 0) is 19.1 Å². The van der Waals surface area contributed by atoms with Gasteiger partial charge in [-0.1, -0.05) is 18.2 Å². The molecule has 98 valence electrons. The van der Waals surface area contributed by atoms with Crippen molar-refractivity contribution in [2.75, 3.05) is 0 Å². The summed E-state index contributed by atoms with van der Waals surface area (Å²) >= 11 is 0. The summed E-state index contributed by atoms with van der Waals surface area (Å²) in [6.07, 6.45) is 1.52. The van der Waals surface area contributed by atoms with E-state index in [-0.39, 0.29) is 12.3 Å². The summed E-state index contributed by atoms with van der Waals surface area (Å²) in [5.41, 5.74) is 1.07. The molecular formula is C14H14N2O3. The van der Waals surface area contributed by atoms with E-state index < -0.39 is 12.0 Å². The van der Waals surface area contributed by atoms with Gasteiger partial charge in [-0.15, -0.1) is 0 Å². The van der Waals surface area contributed by atoms with Crippen molar-refractivity contribution >= 4 is 22.8 Å². The van der Waals surface area contributed by atoms with Gasteiger partial charge in [-0.3, -0.25) is 14.6 Å². The number of rotatable bonds is 4. The Labute approximate surface area is 110 Å². The Kier molecular flexibility index (Phi) is 3.75. The van der Waals surface area contributed by atoms with E-state index in [2.05, 4.69) is 10.3 Å². The number of carbonyl (C=O) groups excluding carboxylic acids is 1. The lowest BCUT2D eigenvalue weighted by molar-refractivity contribution is -0.137. The molecular weight excluding hydrogens is 244 g/mol. The fraction of sp³-hybridized carbons (Fsp3) is 0.214. The van der Waals surface area contributed by atoms with Gasteiger partial charge in [-0.2, -0.15) is 0 Å². The van der Waals surface area contributed by atoms with Crippen molar-refractivity contribution in [2.45, 2.75) is 19.4 Å². The van der Waals surface area contributed by atoms with Crippen molar-refractivity contribution in [1.82, 2.24) is 10.3 Å². The van der Waals surface area contributed by atoms with Crippen LogP contribution in [0.1, 0.15) is 23.7 Å². The standard InChI is InChI=1S/C14H14N2O3/c1-9(8-12(17)18)16-14(19)11-6-2-4-10-5-3-7-15-13(10)11/h2-7,9H,8H2,1H3,(H,16,19)(H,17,18). The second-order valence-corrected chi connectivity index (χ2v) is 4.35. The zero-order valence-corrected chi connectivity index (χ0v) is 10.5. The molecule has 1 amide bonds. The average Bonchev–Trinajstić information content (AvgIpc) is 2.36. The first kappa shape index (κ1) is 13.0. The van der Waals surface area contributed by atoms with Gasteiger partial charge in [0.05, 0.1) is 17.5 Å². The lowest BCUT2D eigenvalue weighted by Crippen LogP contribution is -2.34. The maximum absolute atomic E-state index is 12.1. The van der Waals surface area contributed by atoms with Crippen LogP contribution in [-0.2, 0) is 4.79 Å². The van der Waals surface area contributed by atoms with Crippen molar-refractivity contribution in [3.05, 3.63) is 42.1 Å². The molecule has 0 aliphatic carbocycles. The van der Waals surface area contributed by atoms with Crippen LogP contribution in [-0.4, -0.2) is 28.0 Å². The highest BCUT2D eigenvalue weighted by Crippen LogP contribution is 2.15. The SMILES string of the molecule is CC(CC(=O)O)NC(=O)c1cccc2cccnc12. The molecule has 5 nitrogen and oxygen atoms in total. The van der Waals surface area contributed by atoms with Gasteiger partial charge in [0.1, 0.15) is 0 Å². The number of carboxylic acids is 1. The van der Waals surface area contributed by atoms with E-state index in [1.54, 1.807) is 31.3 Å². The van der Waals surface area contributed by atoms with Gasteiger partial charge in [0.25, 0.3) is 5.91 Å². The molecule has 1 aromatic carbocycles. The van der Waals surface area contributed by atoms with Gasteiger partial charge in [0.15, 0.2) is 0 Å². The molecule has 1 unspecified atom stereocenters. The van der Waals surface area contributed by atoms with E-state index in [1.165, 1.54) is 0 Å². The largest absolute Gasteiger partial charge is 0.481 e. The normalized spacial score (nSPS) is 12.1. The van der Waals surface area contributed by atoms with E-state index in [0.717, 1.165) is 5.39 Å². The Hall–Kier alpha value is -2.43. The van der Waals surface area contributed by atoms with Crippen LogP contribution in [0.4, 0.5) is 0 Å². The minimum atomic E-state index is -0.941. The number of aromatic nitrogens is 1. The summed E-state index contributed by atoms with van der Waals surface area (Å²) < 4.78 is 0. The number of carbonyl (C=O) groups is 2. The van der Waals surface area contributed by atoms with Crippen molar-refractivity contribution in [2.24, 2.45) is 0 Å². The molecule has 0 spiro atoms. The molecule has 1 aromatic heterocycles. The summed E-state index contributed by atoms with van der Waals surface area (Å²) in [6.45, 7) is 1.66. The number of amides is 1. The molecule has 2 rings (SSSR count). The topological polar surface area (TPSA) is 79.3 Å². The number of para-hydroxylation sites is 1. The Morgan fingerprint density at radius 2 is 2.05 bits per heavy atom. The Morgan fingerprint density at radius 3 is 2.79 bits per heavy atom. The summed E-state index contributed by atoms with van der Waals surface area (Å²) in [4.78, 5) is 26.9. The molecule has 2 aromatic rings. The zero-order valence-electron chi connectivity index (χ0n) is 10.5. The van der Waals surface area contributed by atoms with Crippen LogP contribution in [0.25, 0.3) is 10.9 Å². The molecule has 0 aliphatic heterocycles. The maximum atomic E-state index is 12.1.